The molecule has 0 radical (unpaired) electrons. The lowest BCUT2D eigenvalue weighted by atomic mass is 10.1. The lowest BCUT2D eigenvalue weighted by Gasteiger charge is -2.10. The van der Waals surface area contributed by atoms with Crippen LogP contribution in [0.2, 0.25) is 0 Å². The average Bonchev–Trinajstić information content (AvgIpc) is 2.63. The van der Waals surface area contributed by atoms with Gasteiger partial charge in [-0.3, -0.25) is 0 Å². The van der Waals surface area contributed by atoms with Crippen molar-refractivity contribution < 1.29 is 17.7 Å². The summed E-state index contributed by atoms with van der Waals surface area (Å²) in [7, 11) is 0. The van der Waals surface area contributed by atoms with Crippen molar-refractivity contribution in [3.8, 4) is 11.3 Å². The number of hydrogen-bond donors (Lipinski definition) is 1. The van der Waals surface area contributed by atoms with Crippen molar-refractivity contribution in [2.45, 2.75) is 6.18 Å². The Hall–Kier alpha value is -1.50. The molecule has 0 saturated heterocycles. The van der Waals surface area contributed by atoms with Crippen LogP contribution in [0.1, 0.15) is 5.56 Å². The molecule has 90 valence electrons. The minimum atomic E-state index is -4.47. The summed E-state index contributed by atoms with van der Waals surface area (Å²) in [5.41, 5.74) is 4.41. The Kier molecular flexibility index (Phi) is 2.86. The number of nitrogens with two attached hydrogens (primary N) is 1. The number of alkyl halides is 3. The molecule has 0 atom stereocenters. The molecular weight excluding hydrogens is 301 g/mol. The molecule has 1 aromatic heterocycles. The summed E-state index contributed by atoms with van der Waals surface area (Å²) in [6.45, 7) is 0. The van der Waals surface area contributed by atoms with Crippen LogP contribution in [0.4, 0.5) is 19.0 Å². The molecule has 2 aromatic rings. The summed E-state index contributed by atoms with van der Waals surface area (Å²) in [5.74, 6) is 0.0263. The lowest BCUT2D eigenvalue weighted by Crippen LogP contribution is -2.06. The largest absolute Gasteiger partial charge is 0.417 e. The summed E-state index contributed by atoms with van der Waals surface area (Å²) in [4.78, 5) is 0. The quantitative estimate of drug-likeness (QED) is 0.874. The Bertz CT molecular complexity index is 551. The van der Waals surface area contributed by atoms with Crippen LogP contribution < -0.4 is 5.73 Å². The van der Waals surface area contributed by atoms with Crippen molar-refractivity contribution in [3.63, 3.8) is 0 Å². The zero-order chi connectivity index (χ0) is 12.6. The Labute approximate surface area is 103 Å². The average molecular weight is 307 g/mol. The van der Waals surface area contributed by atoms with Crippen LogP contribution in [0, 0.1) is 0 Å². The van der Waals surface area contributed by atoms with Gasteiger partial charge in [0, 0.05) is 16.1 Å². The molecule has 3 nitrogen and oxygen atoms in total. The zero-order valence-corrected chi connectivity index (χ0v) is 9.84. The Morgan fingerprint density at radius 1 is 1.24 bits per heavy atom. The maximum absolute atomic E-state index is 12.8. The number of halogens is 4. The molecule has 0 unspecified atom stereocenters. The van der Waals surface area contributed by atoms with Gasteiger partial charge >= 0.3 is 6.18 Å². The zero-order valence-electron chi connectivity index (χ0n) is 8.25. The van der Waals surface area contributed by atoms with E-state index in [0.717, 1.165) is 6.07 Å². The topological polar surface area (TPSA) is 52.0 Å². The summed E-state index contributed by atoms with van der Waals surface area (Å²) >= 11 is 3.00. The highest BCUT2D eigenvalue weighted by Gasteiger charge is 2.34. The van der Waals surface area contributed by atoms with E-state index >= 15 is 0 Å². The number of benzene rings is 1. The molecule has 1 heterocycles. The molecule has 0 aliphatic heterocycles. The van der Waals surface area contributed by atoms with E-state index in [0.29, 0.717) is 4.47 Å². The molecular formula is C10H6BrF3N2O. The van der Waals surface area contributed by atoms with Crippen LogP contribution in [0.3, 0.4) is 0 Å². The monoisotopic (exact) mass is 306 g/mol. The van der Waals surface area contributed by atoms with E-state index in [4.69, 9.17) is 10.3 Å². The minimum Gasteiger partial charge on any atom is -0.381 e. The lowest BCUT2D eigenvalue weighted by molar-refractivity contribution is -0.137. The predicted octanol–water partition coefficient (Wildman–Crippen LogP) is 3.71. The van der Waals surface area contributed by atoms with Crippen LogP contribution in [-0.4, -0.2) is 5.16 Å². The highest BCUT2D eigenvalue weighted by Crippen LogP contribution is 2.38. The number of nitrogen functional groups attached to an aromatic ring is 1. The first kappa shape index (κ1) is 12.0. The molecule has 2 N–H and O–H groups in total. The van der Waals surface area contributed by atoms with Gasteiger partial charge in [0.15, 0.2) is 11.6 Å². The van der Waals surface area contributed by atoms with E-state index in [-0.39, 0.29) is 17.1 Å². The molecule has 7 heteroatoms. The minimum absolute atomic E-state index is 0.0117. The van der Waals surface area contributed by atoms with Gasteiger partial charge in [0.2, 0.25) is 0 Å². The van der Waals surface area contributed by atoms with E-state index in [1.165, 1.54) is 18.2 Å². The van der Waals surface area contributed by atoms with Gasteiger partial charge in [0.05, 0.1) is 5.56 Å². The van der Waals surface area contributed by atoms with E-state index < -0.39 is 11.7 Å². The smallest absolute Gasteiger partial charge is 0.381 e. The van der Waals surface area contributed by atoms with Crippen LogP contribution in [-0.2, 0) is 6.18 Å². The molecule has 0 aliphatic carbocycles. The molecule has 0 fully saturated rings. The molecule has 0 aliphatic rings. The van der Waals surface area contributed by atoms with E-state index in [9.17, 15) is 13.2 Å². The molecule has 2 rings (SSSR count). The standard InChI is InChI=1S/C10H6BrF3N2O/c11-5-1-2-6(7(3-5)10(12,13)14)8-4-9(15)16-17-8/h1-4H,(H2,15,16). The Morgan fingerprint density at radius 3 is 2.47 bits per heavy atom. The Balaban J connectivity index is 2.61. The number of hydrogen-bond acceptors (Lipinski definition) is 3. The number of rotatable bonds is 1. The van der Waals surface area contributed by atoms with Crippen LogP contribution in [0.15, 0.2) is 33.3 Å². The van der Waals surface area contributed by atoms with Crippen molar-refractivity contribution in [1.82, 2.24) is 5.16 Å². The Morgan fingerprint density at radius 2 is 1.94 bits per heavy atom. The second-order valence-electron chi connectivity index (χ2n) is 3.30. The number of nitrogens with zero attached hydrogens (tertiary/aromatic N) is 1. The fourth-order valence-corrected chi connectivity index (χ4v) is 1.74. The molecule has 17 heavy (non-hydrogen) atoms. The first-order valence-electron chi connectivity index (χ1n) is 4.47. The van der Waals surface area contributed by atoms with Crippen molar-refractivity contribution in [2.24, 2.45) is 0 Å². The second-order valence-corrected chi connectivity index (χ2v) is 4.22. The molecule has 1 aromatic carbocycles. The van der Waals surface area contributed by atoms with Crippen LogP contribution in [0.25, 0.3) is 11.3 Å². The van der Waals surface area contributed by atoms with Crippen molar-refractivity contribution in [2.75, 3.05) is 5.73 Å². The summed E-state index contributed by atoms with van der Waals surface area (Å²) in [5, 5.41) is 3.36. The number of anilines is 1. The molecule has 0 spiro atoms. The van der Waals surface area contributed by atoms with Crippen LogP contribution >= 0.6 is 15.9 Å². The maximum Gasteiger partial charge on any atom is 0.417 e. The number of aromatic nitrogens is 1. The van der Waals surface area contributed by atoms with Crippen molar-refractivity contribution >= 4 is 21.7 Å². The van der Waals surface area contributed by atoms with E-state index in [2.05, 4.69) is 21.1 Å². The summed E-state index contributed by atoms with van der Waals surface area (Å²) in [6.07, 6.45) is -4.47. The van der Waals surface area contributed by atoms with Crippen molar-refractivity contribution in [3.05, 3.63) is 34.3 Å². The van der Waals surface area contributed by atoms with Gasteiger partial charge in [-0.2, -0.15) is 13.2 Å². The second kappa shape index (κ2) is 4.06. The normalized spacial score (nSPS) is 11.8. The van der Waals surface area contributed by atoms with Gasteiger partial charge in [-0.1, -0.05) is 21.1 Å². The molecule has 0 bridgehead atoms. The molecule has 0 saturated carbocycles. The van der Waals surface area contributed by atoms with Gasteiger partial charge in [0.25, 0.3) is 0 Å². The maximum atomic E-state index is 12.8. The van der Waals surface area contributed by atoms with Gasteiger partial charge in [0.1, 0.15) is 0 Å². The highest BCUT2D eigenvalue weighted by atomic mass is 79.9. The third-order valence-corrected chi connectivity index (χ3v) is 2.57. The summed E-state index contributed by atoms with van der Waals surface area (Å²) < 4.78 is 43.5. The van der Waals surface area contributed by atoms with Gasteiger partial charge in [-0.15, -0.1) is 0 Å². The van der Waals surface area contributed by atoms with E-state index in [1.54, 1.807) is 0 Å². The SMILES string of the molecule is Nc1cc(-c2ccc(Br)cc2C(F)(F)F)on1. The fourth-order valence-electron chi connectivity index (χ4n) is 1.38. The van der Waals surface area contributed by atoms with Crippen LogP contribution in [0.5, 0.6) is 0 Å². The molecule has 0 amide bonds. The third kappa shape index (κ3) is 2.44. The predicted molar refractivity (Wildman–Crippen MR) is 59.1 cm³/mol. The highest BCUT2D eigenvalue weighted by molar-refractivity contribution is 9.10. The van der Waals surface area contributed by atoms with E-state index in [1.807, 2.05) is 0 Å². The first-order valence-corrected chi connectivity index (χ1v) is 5.26. The summed E-state index contributed by atoms with van der Waals surface area (Å²) in [6, 6.07) is 5.02. The first-order chi connectivity index (χ1) is 7.88. The van der Waals surface area contributed by atoms with Gasteiger partial charge in [-0.25, -0.2) is 0 Å². The van der Waals surface area contributed by atoms with Gasteiger partial charge in [-0.05, 0) is 18.2 Å². The third-order valence-electron chi connectivity index (χ3n) is 2.08. The van der Waals surface area contributed by atoms with Crippen molar-refractivity contribution in [1.29, 1.82) is 0 Å². The fraction of sp³-hybridized carbons (Fsp3) is 0.100. The van der Waals surface area contributed by atoms with Gasteiger partial charge < -0.3 is 10.3 Å².